The van der Waals surface area contributed by atoms with E-state index in [2.05, 4.69) is 18.8 Å². The third kappa shape index (κ3) is 3.47. The van der Waals surface area contributed by atoms with E-state index >= 15 is 0 Å². The number of hydrogen-bond acceptors (Lipinski definition) is 3. The Hall–Kier alpha value is -1.16. The van der Waals surface area contributed by atoms with E-state index < -0.39 is 0 Å². The molecule has 0 spiro atoms. The summed E-state index contributed by atoms with van der Waals surface area (Å²) in [5.74, 6) is 0. The quantitative estimate of drug-likeness (QED) is 0.802. The van der Waals surface area contributed by atoms with Gasteiger partial charge >= 0.3 is 0 Å². The van der Waals surface area contributed by atoms with Crippen LogP contribution in [0, 0.1) is 12.3 Å². The van der Waals surface area contributed by atoms with Gasteiger partial charge in [-0.2, -0.15) is 0 Å². The van der Waals surface area contributed by atoms with Crippen molar-refractivity contribution < 1.29 is 0 Å². The minimum absolute atomic E-state index is 0.00956. The van der Waals surface area contributed by atoms with Gasteiger partial charge < -0.3 is 5.73 Å². The number of aromatic nitrogens is 2. The molecule has 0 radical (unpaired) electrons. The first-order chi connectivity index (χ1) is 6.94. The molecule has 0 aromatic carbocycles. The van der Waals surface area contributed by atoms with Gasteiger partial charge in [-0.1, -0.05) is 13.8 Å². The molecule has 15 heavy (non-hydrogen) atoms. The van der Waals surface area contributed by atoms with E-state index in [-0.39, 0.29) is 11.0 Å². The van der Waals surface area contributed by atoms with Crippen LogP contribution in [0.1, 0.15) is 26.0 Å². The maximum absolute atomic E-state index is 11.5. The Morgan fingerprint density at radius 3 is 2.73 bits per heavy atom. The second-order valence-electron chi connectivity index (χ2n) is 4.68. The Morgan fingerprint density at radius 1 is 1.53 bits per heavy atom. The van der Waals surface area contributed by atoms with Crippen LogP contribution >= 0.6 is 0 Å². The van der Waals surface area contributed by atoms with Crippen molar-refractivity contribution in [2.24, 2.45) is 11.1 Å². The van der Waals surface area contributed by atoms with Crippen molar-refractivity contribution in [1.82, 2.24) is 9.55 Å². The minimum Gasteiger partial charge on any atom is -0.330 e. The first-order valence-corrected chi connectivity index (χ1v) is 5.18. The van der Waals surface area contributed by atoms with Gasteiger partial charge in [0.25, 0.3) is 5.56 Å². The highest BCUT2D eigenvalue weighted by Crippen LogP contribution is 2.18. The monoisotopic (exact) mass is 209 g/mol. The van der Waals surface area contributed by atoms with E-state index in [4.69, 9.17) is 5.73 Å². The predicted octanol–water partition coefficient (Wildman–Crippen LogP) is 0.927. The summed E-state index contributed by atoms with van der Waals surface area (Å²) >= 11 is 0. The maximum atomic E-state index is 11.5. The lowest BCUT2D eigenvalue weighted by Crippen LogP contribution is -2.28. The number of hydrogen-bond donors (Lipinski definition) is 1. The molecule has 1 rings (SSSR count). The molecule has 4 heteroatoms. The fourth-order valence-electron chi connectivity index (χ4n) is 1.21. The van der Waals surface area contributed by atoms with Crippen molar-refractivity contribution in [3.8, 4) is 0 Å². The summed E-state index contributed by atoms with van der Waals surface area (Å²) in [7, 11) is 0. The van der Waals surface area contributed by atoms with E-state index in [1.54, 1.807) is 17.0 Å². The lowest BCUT2D eigenvalue weighted by atomic mass is 9.90. The minimum atomic E-state index is 0.00956. The first-order valence-electron chi connectivity index (χ1n) is 5.18. The highest BCUT2D eigenvalue weighted by molar-refractivity contribution is 4.96. The first kappa shape index (κ1) is 11.9. The number of aryl methyl sites for hydroxylation is 2. The zero-order valence-electron chi connectivity index (χ0n) is 9.66. The topological polar surface area (TPSA) is 60.9 Å². The fourth-order valence-corrected chi connectivity index (χ4v) is 1.21. The molecule has 1 aromatic rings. The van der Waals surface area contributed by atoms with E-state index in [0.29, 0.717) is 13.1 Å². The van der Waals surface area contributed by atoms with Crippen LogP contribution in [0.4, 0.5) is 0 Å². The van der Waals surface area contributed by atoms with Crippen molar-refractivity contribution in [1.29, 1.82) is 0 Å². The summed E-state index contributed by atoms with van der Waals surface area (Å²) in [5.41, 5.74) is 6.47. The molecule has 0 saturated heterocycles. The molecular formula is C11H19N3O. The van der Waals surface area contributed by atoms with Crippen molar-refractivity contribution in [3.63, 3.8) is 0 Å². The van der Waals surface area contributed by atoms with E-state index in [1.165, 1.54) is 0 Å². The van der Waals surface area contributed by atoms with Crippen molar-refractivity contribution in [2.75, 3.05) is 6.54 Å². The summed E-state index contributed by atoms with van der Waals surface area (Å²) in [6.07, 6.45) is 2.48. The summed E-state index contributed by atoms with van der Waals surface area (Å²) in [4.78, 5) is 15.6. The van der Waals surface area contributed by atoms with Gasteiger partial charge in [-0.05, 0) is 25.3 Å². The second-order valence-corrected chi connectivity index (χ2v) is 4.68. The molecule has 4 nitrogen and oxygen atoms in total. The molecule has 0 unspecified atom stereocenters. The lowest BCUT2D eigenvalue weighted by molar-refractivity contribution is 0.321. The average molecular weight is 209 g/mol. The summed E-state index contributed by atoms with van der Waals surface area (Å²) in [5, 5.41) is 0. The Bertz CT molecular complexity index is 382. The Labute approximate surface area is 90.1 Å². The molecule has 0 aliphatic carbocycles. The number of rotatable bonds is 4. The largest absolute Gasteiger partial charge is 0.330 e. The Kier molecular flexibility index (Phi) is 3.63. The van der Waals surface area contributed by atoms with E-state index in [0.717, 1.165) is 12.1 Å². The molecule has 0 aliphatic heterocycles. The summed E-state index contributed by atoms with van der Waals surface area (Å²) in [6.45, 7) is 7.31. The molecule has 0 aliphatic rings. The van der Waals surface area contributed by atoms with Crippen LogP contribution in [-0.2, 0) is 6.54 Å². The summed E-state index contributed by atoms with van der Waals surface area (Å²) < 4.78 is 1.63. The van der Waals surface area contributed by atoms with Gasteiger partial charge in [-0.15, -0.1) is 0 Å². The zero-order chi connectivity index (χ0) is 11.5. The van der Waals surface area contributed by atoms with Crippen LogP contribution in [0.15, 0.2) is 17.2 Å². The molecule has 0 atom stereocenters. The smallest absolute Gasteiger partial charge is 0.253 e. The Balaban J connectivity index is 2.70. The molecule has 0 amide bonds. The molecule has 2 N–H and O–H groups in total. The predicted molar refractivity (Wildman–Crippen MR) is 60.7 cm³/mol. The molecule has 1 aromatic heterocycles. The van der Waals surface area contributed by atoms with Gasteiger partial charge in [0.15, 0.2) is 0 Å². The summed E-state index contributed by atoms with van der Waals surface area (Å²) in [6, 6.07) is 1.55. The highest BCUT2D eigenvalue weighted by atomic mass is 16.1. The van der Waals surface area contributed by atoms with Gasteiger partial charge in [0.1, 0.15) is 0 Å². The molecule has 0 saturated carbocycles. The van der Waals surface area contributed by atoms with Crippen molar-refractivity contribution in [3.05, 3.63) is 28.4 Å². The van der Waals surface area contributed by atoms with Gasteiger partial charge in [0.2, 0.25) is 0 Å². The van der Waals surface area contributed by atoms with Crippen LogP contribution in [0.2, 0.25) is 0 Å². The van der Waals surface area contributed by atoms with Gasteiger partial charge in [-0.25, -0.2) is 4.98 Å². The van der Waals surface area contributed by atoms with E-state index in [9.17, 15) is 4.79 Å². The zero-order valence-corrected chi connectivity index (χ0v) is 9.66. The van der Waals surface area contributed by atoms with Crippen LogP contribution in [-0.4, -0.2) is 16.1 Å². The number of nitrogens with zero attached hydrogens (tertiary/aromatic N) is 2. The molecule has 84 valence electrons. The third-order valence-corrected chi connectivity index (χ3v) is 2.60. The normalized spacial score (nSPS) is 11.7. The maximum Gasteiger partial charge on any atom is 0.253 e. The third-order valence-electron chi connectivity index (χ3n) is 2.60. The number of nitrogens with two attached hydrogens (primary N) is 1. The van der Waals surface area contributed by atoms with Gasteiger partial charge in [0.05, 0.1) is 6.33 Å². The standard InChI is InChI=1S/C11H19N3O/c1-9-6-10(15)14(8-13-9)5-4-11(2,3)7-12/h6,8H,4-5,7,12H2,1-3H3. The molecule has 0 fully saturated rings. The van der Waals surface area contributed by atoms with Crippen molar-refractivity contribution >= 4 is 0 Å². The molecule has 1 heterocycles. The highest BCUT2D eigenvalue weighted by Gasteiger charge is 2.15. The lowest BCUT2D eigenvalue weighted by Gasteiger charge is -2.22. The average Bonchev–Trinajstić information content (AvgIpc) is 2.16. The van der Waals surface area contributed by atoms with Crippen LogP contribution in [0.3, 0.4) is 0 Å². The van der Waals surface area contributed by atoms with Crippen LogP contribution in [0.25, 0.3) is 0 Å². The Morgan fingerprint density at radius 2 is 2.20 bits per heavy atom. The second kappa shape index (κ2) is 4.57. The van der Waals surface area contributed by atoms with Gasteiger partial charge in [-0.3, -0.25) is 9.36 Å². The molecule has 0 bridgehead atoms. The fraction of sp³-hybridized carbons (Fsp3) is 0.636. The SMILES string of the molecule is Cc1cc(=O)n(CCC(C)(C)CN)cn1. The van der Waals surface area contributed by atoms with Crippen LogP contribution in [0.5, 0.6) is 0 Å². The van der Waals surface area contributed by atoms with Crippen LogP contribution < -0.4 is 11.3 Å². The van der Waals surface area contributed by atoms with E-state index in [1.807, 2.05) is 6.92 Å². The van der Waals surface area contributed by atoms with Crippen molar-refractivity contribution in [2.45, 2.75) is 33.7 Å². The van der Waals surface area contributed by atoms with Gasteiger partial charge in [0, 0.05) is 18.3 Å². The molecular weight excluding hydrogens is 190 g/mol.